The Morgan fingerprint density at radius 3 is 2.37 bits per heavy atom. The van der Waals surface area contributed by atoms with Gasteiger partial charge in [0.2, 0.25) is 0 Å². The Morgan fingerprint density at radius 1 is 1.16 bits per heavy atom. The van der Waals surface area contributed by atoms with Crippen molar-refractivity contribution >= 4 is 5.97 Å². The first-order valence-corrected chi connectivity index (χ1v) is 7.82. The number of rotatable bonds is 4. The summed E-state index contributed by atoms with van der Waals surface area (Å²) in [5.41, 5.74) is 1.40. The lowest BCUT2D eigenvalue weighted by atomic mass is 9.69. The summed E-state index contributed by atoms with van der Waals surface area (Å²) < 4.78 is 5.23. The number of carbonyl (C=O) groups is 1. The second-order valence-electron chi connectivity index (χ2n) is 8.54. The molecule has 3 aliphatic carbocycles. The molecule has 3 saturated carbocycles. The van der Waals surface area contributed by atoms with Gasteiger partial charge in [-0.05, 0) is 54.3 Å². The summed E-state index contributed by atoms with van der Waals surface area (Å²) in [6.45, 7) is 11.9. The molecule has 0 saturated heterocycles. The highest BCUT2D eigenvalue weighted by molar-refractivity contribution is 5.65. The van der Waals surface area contributed by atoms with Crippen LogP contribution >= 0.6 is 0 Å². The van der Waals surface area contributed by atoms with Crippen molar-refractivity contribution in [2.75, 3.05) is 6.61 Å². The molecule has 0 heterocycles. The summed E-state index contributed by atoms with van der Waals surface area (Å²) in [6.07, 6.45) is 5.47. The fraction of sp³-hybridized carbons (Fsp3) is 0.941. The van der Waals surface area contributed by atoms with Crippen molar-refractivity contribution in [3.63, 3.8) is 0 Å². The predicted molar refractivity (Wildman–Crippen MR) is 75.6 cm³/mol. The van der Waals surface area contributed by atoms with Crippen LogP contribution in [0, 0.1) is 34.0 Å². The lowest BCUT2D eigenvalue weighted by Crippen LogP contribution is -2.28. The Kier molecular flexibility index (Phi) is 2.67. The van der Waals surface area contributed by atoms with Crippen LogP contribution in [-0.2, 0) is 9.53 Å². The van der Waals surface area contributed by atoms with Crippen LogP contribution in [0.4, 0.5) is 0 Å². The molecule has 0 N–H and O–H groups in total. The first kappa shape index (κ1) is 13.5. The maximum atomic E-state index is 10.9. The molecule has 3 rings (SSSR count). The van der Waals surface area contributed by atoms with E-state index in [1.165, 1.54) is 32.6 Å². The zero-order valence-corrected chi connectivity index (χ0v) is 13.1. The van der Waals surface area contributed by atoms with Crippen LogP contribution in [0.15, 0.2) is 0 Å². The molecule has 0 aliphatic heterocycles. The Balaban J connectivity index is 1.56. The highest BCUT2D eigenvalue weighted by atomic mass is 16.5. The number of fused-ring (bicyclic) bond motifs is 1. The average Bonchev–Trinajstić information content (AvgIpc) is 3.12. The molecule has 5 atom stereocenters. The lowest BCUT2D eigenvalue weighted by Gasteiger charge is -2.36. The van der Waals surface area contributed by atoms with Gasteiger partial charge < -0.3 is 4.74 Å². The molecule has 0 spiro atoms. The van der Waals surface area contributed by atoms with Crippen LogP contribution < -0.4 is 0 Å². The molecule has 3 aliphatic rings. The molecule has 0 aromatic heterocycles. The van der Waals surface area contributed by atoms with Gasteiger partial charge in [0.1, 0.15) is 0 Å². The Hall–Kier alpha value is -0.530. The summed E-state index contributed by atoms with van der Waals surface area (Å²) in [5.74, 6) is 2.51. The molecule has 0 unspecified atom stereocenters. The Bertz CT molecular complexity index is 413. The van der Waals surface area contributed by atoms with Gasteiger partial charge in [-0.15, -0.1) is 0 Å². The second-order valence-corrected chi connectivity index (χ2v) is 8.54. The molecule has 2 nitrogen and oxygen atoms in total. The molecule has 0 aromatic carbocycles. The summed E-state index contributed by atoms with van der Waals surface area (Å²) in [6, 6.07) is 0. The molecule has 0 aromatic rings. The lowest BCUT2D eigenvalue weighted by molar-refractivity contribution is -0.142. The molecule has 3 fully saturated rings. The number of esters is 1. The molecule has 19 heavy (non-hydrogen) atoms. The van der Waals surface area contributed by atoms with Crippen molar-refractivity contribution < 1.29 is 9.53 Å². The largest absolute Gasteiger partial charge is 0.465 e. The van der Waals surface area contributed by atoms with Crippen LogP contribution in [0.5, 0.6) is 0 Å². The van der Waals surface area contributed by atoms with Crippen molar-refractivity contribution in [3.05, 3.63) is 0 Å². The van der Waals surface area contributed by atoms with Crippen LogP contribution in [0.25, 0.3) is 0 Å². The third-order valence-corrected chi connectivity index (χ3v) is 7.19. The SMILES string of the molecule is CC(=O)OC[C@]1(C)C[C@H]1C[C@H]1C[C@@H]2C[C@]2(C)C1(C)C. The molecule has 108 valence electrons. The third-order valence-electron chi connectivity index (χ3n) is 7.19. The summed E-state index contributed by atoms with van der Waals surface area (Å²) in [4.78, 5) is 10.9. The highest BCUT2D eigenvalue weighted by Gasteiger charge is 2.68. The predicted octanol–water partition coefficient (Wildman–Crippen LogP) is 4.04. The monoisotopic (exact) mass is 264 g/mol. The quantitative estimate of drug-likeness (QED) is 0.716. The standard InChI is InChI=1S/C17H28O2/c1-11(18)19-10-16(4)8-13(16)6-12-7-14-9-17(14,5)15(12,2)3/h12-14H,6-10H2,1-5H3/t12-,13+,14+,16-,17-/m0/s1. The zero-order valence-electron chi connectivity index (χ0n) is 13.1. The molecule has 0 radical (unpaired) electrons. The zero-order chi connectivity index (χ0) is 14.1. The number of hydrogen-bond acceptors (Lipinski definition) is 2. The molecule has 2 heteroatoms. The van der Waals surface area contributed by atoms with E-state index in [2.05, 4.69) is 27.7 Å². The number of carbonyl (C=O) groups excluding carboxylic acids is 1. The minimum Gasteiger partial charge on any atom is -0.465 e. The van der Waals surface area contributed by atoms with E-state index in [0.29, 0.717) is 17.4 Å². The first-order valence-electron chi connectivity index (χ1n) is 7.82. The van der Waals surface area contributed by atoms with Gasteiger partial charge in [0.15, 0.2) is 0 Å². The van der Waals surface area contributed by atoms with Gasteiger partial charge in [0.05, 0.1) is 6.61 Å². The number of ether oxygens (including phenoxy) is 1. The van der Waals surface area contributed by atoms with Gasteiger partial charge >= 0.3 is 5.97 Å². The highest BCUT2D eigenvalue weighted by Crippen LogP contribution is 2.75. The fourth-order valence-corrected chi connectivity index (χ4v) is 4.74. The van der Waals surface area contributed by atoms with Crippen LogP contribution in [0.3, 0.4) is 0 Å². The van der Waals surface area contributed by atoms with Crippen molar-refractivity contribution in [2.45, 2.75) is 60.3 Å². The van der Waals surface area contributed by atoms with Crippen LogP contribution in [0.1, 0.15) is 60.3 Å². The van der Waals surface area contributed by atoms with Crippen molar-refractivity contribution in [1.82, 2.24) is 0 Å². The van der Waals surface area contributed by atoms with E-state index in [9.17, 15) is 4.79 Å². The average molecular weight is 264 g/mol. The molecule has 0 amide bonds. The van der Waals surface area contributed by atoms with Gasteiger partial charge in [-0.2, -0.15) is 0 Å². The minimum atomic E-state index is -0.137. The van der Waals surface area contributed by atoms with E-state index >= 15 is 0 Å². The van der Waals surface area contributed by atoms with Crippen molar-refractivity contribution in [2.24, 2.45) is 34.0 Å². The minimum absolute atomic E-state index is 0.137. The van der Waals surface area contributed by atoms with Gasteiger partial charge in [-0.1, -0.05) is 27.7 Å². The summed E-state index contributed by atoms with van der Waals surface area (Å²) in [5, 5.41) is 0. The van der Waals surface area contributed by atoms with Crippen molar-refractivity contribution in [3.8, 4) is 0 Å². The third kappa shape index (κ3) is 1.94. The molecular formula is C17H28O2. The second kappa shape index (κ2) is 3.77. The summed E-state index contributed by atoms with van der Waals surface area (Å²) in [7, 11) is 0. The summed E-state index contributed by atoms with van der Waals surface area (Å²) >= 11 is 0. The Morgan fingerprint density at radius 2 is 1.84 bits per heavy atom. The Labute approximate surface area is 117 Å². The van der Waals surface area contributed by atoms with E-state index in [1.807, 2.05) is 0 Å². The van der Waals surface area contributed by atoms with Gasteiger partial charge in [0.25, 0.3) is 0 Å². The van der Waals surface area contributed by atoms with Crippen molar-refractivity contribution in [1.29, 1.82) is 0 Å². The maximum Gasteiger partial charge on any atom is 0.302 e. The smallest absolute Gasteiger partial charge is 0.302 e. The maximum absolute atomic E-state index is 10.9. The van der Waals surface area contributed by atoms with Gasteiger partial charge in [-0.25, -0.2) is 0 Å². The van der Waals surface area contributed by atoms with Gasteiger partial charge in [-0.3, -0.25) is 4.79 Å². The fourth-order valence-electron chi connectivity index (χ4n) is 4.74. The normalized spacial score (nSPS) is 49.6. The van der Waals surface area contributed by atoms with E-state index < -0.39 is 0 Å². The first-order chi connectivity index (χ1) is 8.69. The topological polar surface area (TPSA) is 26.3 Å². The van der Waals surface area contributed by atoms with E-state index in [4.69, 9.17) is 4.74 Å². The van der Waals surface area contributed by atoms with E-state index in [-0.39, 0.29) is 11.4 Å². The van der Waals surface area contributed by atoms with E-state index in [0.717, 1.165) is 17.8 Å². The number of hydrogen-bond donors (Lipinski definition) is 0. The van der Waals surface area contributed by atoms with Gasteiger partial charge in [0, 0.05) is 12.3 Å². The molecular weight excluding hydrogens is 236 g/mol. The molecule has 0 bridgehead atoms. The van der Waals surface area contributed by atoms with Crippen LogP contribution in [0.2, 0.25) is 0 Å². The van der Waals surface area contributed by atoms with Crippen LogP contribution in [-0.4, -0.2) is 12.6 Å². The van der Waals surface area contributed by atoms with E-state index in [1.54, 1.807) is 0 Å².